The van der Waals surface area contributed by atoms with E-state index in [1.165, 1.54) is 16.5 Å². The van der Waals surface area contributed by atoms with Crippen LogP contribution in [0, 0.1) is 0 Å². The number of fused-ring (bicyclic) bond motifs is 3. The van der Waals surface area contributed by atoms with E-state index in [-0.39, 0.29) is 0 Å². The third-order valence-electron chi connectivity index (χ3n) is 4.59. The predicted molar refractivity (Wildman–Crippen MR) is 91.6 cm³/mol. The fourth-order valence-electron chi connectivity index (χ4n) is 2.99. The van der Waals surface area contributed by atoms with Crippen molar-refractivity contribution < 1.29 is 4.21 Å². The Labute approximate surface area is 132 Å². The van der Waals surface area contributed by atoms with Gasteiger partial charge < -0.3 is 9.47 Å². The SMILES string of the molecule is CN=S1(=O)NCCc2c1ccc1c2ccn1C[C@@H](C)N(C)C. The Morgan fingerprint density at radius 2 is 2.18 bits per heavy atom. The zero-order valence-electron chi connectivity index (χ0n) is 13.7. The molecule has 120 valence electrons. The number of aromatic nitrogens is 1. The van der Waals surface area contributed by atoms with E-state index < -0.39 is 9.92 Å². The number of nitrogens with one attached hydrogen (secondary N) is 1. The van der Waals surface area contributed by atoms with E-state index >= 15 is 0 Å². The largest absolute Gasteiger partial charge is 0.346 e. The Morgan fingerprint density at radius 3 is 2.86 bits per heavy atom. The van der Waals surface area contributed by atoms with Crippen LogP contribution in [-0.4, -0.2) is 47.4 Å². The third-order valence-corrected chi connectivity index (χ3v) is 6.68. The molecule has 1 aliphatic heterocycles. The van der Waals surface area contributed by atoms with Crippen LogP contribution in [0.15, 0.2) is 33.7 Å². The number of benzene rings is 1. The molecule has 1 N–H and O–H groups in total. The van der Waals surface area contributed by atoms with Crippen molar-refractivity contribution in [1.82, 2.24) is 14.2 Å². The summed E-state index contributed by atoms with van der Waals surface area (Å²) in [5, 5.41) is 1.21. The summed E-state index contributed by atoms with van der Waals surface area (Å²) in [6.07, 6.45) is 3.03. The summed E-state index contributed by atoms with van der Waals surface area (Å²) in [4.78, 5) is 3.07. The molecule has 1 aromatic heterocycles. The number of hydrogen-bond acceptors (Lipinski definition) is 3. The molecule has 0 spiro atoms. The molecule has 0 bridgehead atoms. The van der Waals surface area contributed by atoms with Crippen LogP contribution in [0.3, 0.4) is 0 Å². The van der Waals surface area contributed by atoms with Crippen LogP contribution in [0.1, 0.15) is 12.5 Å². The Hall–Kier alpha value is -1.37. The molecule has 0 amide bonds. The van der Waals surface area contributed by atoms with Gasteiger partial charge in [0.2, 0.25) is 0 Å². The fourth-order valence-corrected chi connectivity index (χ4v) is 4.65. The van der Waals surface area contributed by atoms with E-state index in [1.807, 2.05) is 6.07 Å². The summed E-state index contributed by atoms with van der Waals surface area (Å²) in [5.74, 6) is 0. The molecule has 5 nitrogen and oxygen atoms in total. The number of likely N-dealkylation sites (N-methyl/N-ethyl adjacent to an activating group) is 1. The molecule has 1 aliphatic rings. The number of rotatable bonds is 3. The van der Waals surface area contributed by atoms with E-state index in [4.69, 9.17) is 0 Å². The average Bonchev–Trinajstić information content (AvgIpc) is 2.91. The van der Waals surface area contributed by atoms with E-state index in [0.717, 1.165) is 17.9 Å². The monoisotopic (exact) mass is 320 g/mol. The van der Waals surface area contributed by atoms with Crippen molar-refractivity contribution in [3.05, 3.63) is 30.0 Å². The minimum atomic E-state index is -2.45. The van der Waals surface area contributed by atoms with E-state index in [2.05, 4.69) is 57.9 Å². The van der Waals surface area contributed by atoms with Crippen molar-refractivity contribution in [1.29, 1.82) is 0 Å². The first-order chi connectivity index (χ1) is 10.5. The Balaban J connectivity index is 2.11. The smallest absolute Gasteiger partial charge is 0.137 e. The van der Waals surface area contributed by atoms with Crippen molar-refractivity contribution in [2.24, 2.45) is 4.36 Å². The fraction of sp³-hybridized carbons (Fsp3) is 0.500. The second kappa shape index (κ2) is 5.68. The molecule has 0 radical (unpaired) electrons. The maximum atomic E-state index is 12.8. The molecule has 6 heteroatoms. The van der Waals surface area contributed by atoms with Gasteiger partial charge in [-0.3, -0.25) is 0 Å². The van der Waals surface area contributed by atoms with Gasteiger partial charge >= 0.3 is 0 Å². The maximum Gasteiger partial charge on any atom is 0.137 e. The summed E-state index contributed by atoms with van der Waals surface area (Å²) in [6, 6.07) is 6.67. The molecular weight excluding hydrogens is 296 g/mol. The zero-order valence-corrected chi connectivity index (χ0v) is 14.5. The first-order valence-corrected chi connectivity index (χ1v) is 9.15. The Kier molecular flexibility index (Phi) is 4.01. The van der Waals surface area contributed by atoms with Gasteiger partial charge in [-0.1, -0.05) is 0 Å². The molecule has 3 rings (SSSR count). The molecule has 0 fully saturated rings. The molecule has 2 heterocycles. The van der Waals surface area contributed by atoms with Gasteiger partial charge in [-0.15, -0.1) is 0 Å². The molecule has 0 aliphatic carbocycles. The van der Waals surface area contributed by atoms with Gasteiger partial charge in [-0.2, -0.15) is 0 Å². The first kappa shape index (κ1) is 15.5. The predicted octanol–water partition coefficient (Wildman–Crippen LogP) is 2.11. The number of nitrogens with zero attached hydrogens (tertiary/aromatic N) is 3. The summed E-state index contributed by atoms with van der Waals surface area (Å²) in [5.41, 5.74) is 2.40. The van der Waals surface area contributed by atoms with Gasteiger partial charge in [0.25, 0.3) is 0 Å². The summed E-state index contributed by atoms with van der Waals surface area (Å²) in [6.45, 7) is 3.87. The second-order valence-electron chi connectivity index (χ2n) is 6.11. The van der Waals surface area contributed by atoms with Crippen LogP contribution >= 0.6 is 0 Å². The lowest BCUT2D eigenvalue weighted by atomic mass is 10.1. The van der Waals surface area contributed by atoms with Crippen LogP contribution in [0.2, 0.25) is 0 Å². The third kappa shape index (κ3) is 2.45. The van der Waals surface area contributed by atoms with Gasteiger partial charge in [0, 0.05) is 43.3 Å². The maximum absolute atomic E-state index is 12.8. The molecular formula is C16H24N4OS. The van der Waals surface area contributed by atoms with E-state index in [9.17, 15) is 4.21 Å². The quantitative estimate of drug-likeness (QED) is 0.941. The molecule has 0 saturated carbocycles. The van der Waals surface area contributed by atoms with Crippen LogP contribution in [0.4, 0.5) is 0 Å². The van der Waals surface area contributed by atoms with Crippen molar-refractivity contribution in [2.45, 2.75) is 30.8 Å². The Bertz CT molecular complexity index is 815. The van der Waals surface area contributed by atoms with E-state index in [1.54, 1.807) is 7.05 Å². The van der Waals surface area contributed by atoms with Gasteiger partial charge in [-0.25, -0.2) is 13.3 Å². The topological polar surface area (TPSA) is 49.6 Å². The number of hydrogen-bond donors (Lipinski definition) is 1. The lowest BCUT2D eigenvalue weighted by Gasteiger charge is -2.23. The normalized spacial score (nSPS) is 22.8. The standard InChI is InChI=1S/C16H24N4OS/c1-12(19(3)4)11-20-10-8-13-14-7-9-18-22(21,17-2)16(14)6-5-15(13)20/h5-6,8,10,12H,7,9,11H2,1-4H3,(H,17,18,21)/t12-,22?/m1/s1. The van der Waals surface area contributed by atoms with Crippen LogP contribution in [0.5, 0.6) is 0 Å². The van der Waals surface area contributed by atoms with Crippen LogP contribution < -0.4 is 4.72 Å². The highest BCUT2D eigenvalue weighted by Crippen LogP contribution is 2.30. The van der Waals surface area contributed by atoms with E-state index in [0.29, 0.717) is 12.6 Å². The zero-order chi connectivity index (χ0) is 15.9. The highest BCUT2D eigenvalue weighted by Gasteiger charge is 2.23. The van der Waals surface area contributed by atoms with Crippen molar-refractivity contribution in [3.8, 4) is 0 Å². The van der Waals surface area contributed by atoms with Crippen molar-refractivity contribution in [2.75, 3.05) is 27.7 Å². The van der Waals surface area contributed by atoms with Gasteiger partial charge in [-0.05, 0) is 51.2 Å². The molecule has 0 saturated heterocycles. The first-order valence-electron chi connectivity index (χ1n) is 7.63. The van der Waals surface area contributed by atoms with Crippen molar-refractivity contribution in [3.63, 3.8) is 0 Å². The molecule has 1 unspecified atom stereocenters. The van der Waals surface area contributed by atoms with Crippen LogP contribution in [-0.2, 0) is 22.9 Å². The average molecular weight is 320 g/mol. The highest BCUT2D eigenvalue weighted by molar-refractivity contribution is 7.91. The molecule has 2 aromatic rings. The minimum absolute atomic E-state index is 0.461. The molecule has 1 aromatic carbocycles. The second-order valence-corrected chi connectivity index (χ2v) is 8.25. The van der Waals surface area contributed by atoms with Gasteiger partial charge in [0.1, 0.15) is 9.92 Å². The van der Waals surface area contributed by atoms with Gasteiger partial charge in [0.05, 0.1) is 4.90 Å². The highest BCUT2D eigenvalue weighted by atomic mass is 32.2. The van der Waals surface area contributed by atoms with Gasteiger partial charge in [0.15, 0.2) is 0 Å². The summed E-state index contributed by atoms with van der Waals surface area (Å²) < 4.78 is 22.3. The summed E-state index contributed by atoms with van der Waals surface area (Å²) in [7, 11) is 3.37. The Morgan fingerprint density at radius 1 is 1.41 bits per heavy atom. The van der Waals surface area contributed by atoms with Crippen molar-refractivity contribution >= 4 is 20.8 Å². The van der Waals surface area contributed by atoms with Crippen LogP contribution in [0.25, 0.3) is 10.9 Å². The summed E-state index contributed by atoms with van der Waals surface area (Å²) >= 11 is 0. The lowest BCUT2D eigenvalue weighted by molar-refractivity contribution is 0.286. The lowest BCUT2D eigenvalue weighted by Crippen LogP contribution is -2.31. The molecule has 2 atom stereocenters. The minimum Gasteiger partial charge on any atom is -0.346 e. The molecule has 22 heavy (non-hydrogen) atoms.